The van der Waals surface area contributed by atoms with E-state index in [0.717, 1.165) is 29.2 Å². The van der Waals surface area contributed by atoms with Crippen LogP contribution in [0.15, 0.2) is 60.7 Å². The first-order valence-corrected chi connectivity index (χ1v) is 9.93. The van der Waals surface area contributed by atoms with Gasteiger partial charge in [-0.1, -0.05) is 42.5 Å². The van der Waals surface area contributed by atoms with Crippen molar-refractivity contribution in [2.24, 2.45) is 0 Å². The van der Waals surface area contributed by atoms with Gasteiger partial charge < -0.3 is 10.1 Å². The standard InChI is InChI=1S/C25H24F3NO2/c1-16-15-20(24(30)29-22-12-8-7-11-21(22)25(26,27)28)17(2)18(3)23(16)31-14-13-19-9-5-4-6-10-19/h4-12,15H,13-14H2,1-3H3,(H,29,30). The summed E-state index contributed by atoms with van der Waals surface area (Å²) in [6.45, 7) is 5.92. The molecule has 0 atom stereocenters. The minimum absolute atomic E-state index is 0.266. The number of halogens is 3. The maximum absolute atomic E-state index is 13.2. The van der Waals surface area contributed by atoms with Crippen LogP contribution in [-0.2, 0) is 12.6 Å². The summed E-state index contributed by atoms with van der Waals surface area (Å²) >= 11 is 0. The molecule has 0 saturated carbocycles. The van der Waals surface area contributed by atoms with Crippen LogP contribution in [0.4, 0.5) is 18.9 Å². The first-order chi connectivity index (χ1) is 14.7. The van der Waals surface area contributed by atoms with Crippen molar-refractivity contribution in [3.05, 3.63) is 94.0 Å². The number of carbonyl (C=O) groups is 1. The fourth-order valence-electron chi connectivity index (χ4n) is 3.46. The van der Waals surface area contributed by atoms with Crippen molar-refractivity contribution >= 4 is 11.6 Å². The molecule has 1 N–H and O–H groups in total. The van der Waals surface area contributed by atoms with Gasteiger partial charge in [0, 0.05) is 12.0 Å². The van der Waals surface area contributed by atoms with Gasteiger partial charge in [0.1, 0.15) is 5.75 Å². The predicted octanol–water partition coefficient (Wildman–Crippen LogP) is 6.50. The maximum Gasteiger partial charge on any atom is 0.418 e. The van der Waals surface area contributed by atoms with Crippen molar-refractivity contribution in [3.63, 3.8) is 0 Å². The van der Waals surface area contributed by atoms with Crippen molar-refractivity contribution in [1.82, 2.24) is 0 Å². The molecule has 0 bridgehead atoms. The molecule has 0 saturated heterocycles. The molecule has 0 heterocycles. The highest BCUT2D eigenvalue weighted by Crippen LogP contribution is 2.35. The quantitative estimate of drug-likeness (QED) is 0.487. The highest BCUT2D eigenvalue weighted by molar-refractivity contribution is 6.06. The van der Waals surface area contributed by atoms with E-state index in [1.807, 2.05) is 44.2 Å². The molecular formula is C25H24F3NO2. The zero-order chi connectivity index (χ0) is 22.6. The Labute approximate surface area is 179 Å². The lowest BCUT2D eigenvalue weighted by molar-refractivity contribution is -0.136. The topological polar surface area (TPSA) is 38.3 Å². The number of benzene rings is 3. The van der Waals surface area contributed by atoms with Crippen molar-refractivity contribution in [2.75, 3.05) is 11.9 Å². The summed E-state index contributed by atoms with van der Waals surface area (Å²) in [5.74, 6) is 0.108. The molecule has 3 nitrogen and oxygen atoms in total. The van der Waals surface area contributed by atoms with Crippen LogP contribution >= 0.6 is 0 Å². The largest absolute Gasteiger partial charge is 0.493 e. The van der Waals surface area contributed by atoms with Crippen LogP contribution in [-0.4, -0.2) is 12.5 Å². The van der Waals surface area contributed by atoms with E-state index in [-0.39, 0.29) is 5.69 Å². The van der Waals surface area contributed by atoms with Gasteiger partial charge in [-0.15, -0.1) is 0 Å². The molecule has 0 unspecified atom stereocenters. The Kier molecular flexibility index (Phi) is 6.68. The number of nitrogens with one attached hydrogen (secondary N) is 1. The maximum atomic E-state index is 13.2. The zero-order valence-electron chi connectivity index (χ0n) is 17.6. The summed E-state index contributed by atoms with van der Waals surface area (Å²) in [5.41, 5.74) is 2.56. The second kappa shape index (κ2) is 9.25. The molecule has 31 heavy (non-hydrogen) atoms. The molecule has 0 aromatic heterocycles. The van der Waals surface area contributed by atoms with E-state index in [4.69, 9.17) is 4.74 Å². The summed E-state index contributed by atoms with van der Waals surface area (Å²) in [5, 5.41) is 2.41. The highest BCUT2D eigenvalue weighted by Gasteiger charge is 2.33. The third-order valence-electron chi connectivity index (χ3n) is 5.23. The van der Waals surface area contributed by atoms with Crippen LogP contribution in [0.3, 0.4) is 0 Å². The molecule has 3 aromatic carbocycles. The first-order valence-electron chi connectivity index (χ1n) is 9.93. The van der Waals surface area contributed by atoms with Gasteiger partial charge in [0.2, 0.25) is 0 Å². The Morgan fingerprint density at radius 2 is 1.58 bits per heavy atom. The highest BCUT2D eigenvalue weighted by atomic mass is 19.4. The number of anilines is 1. The fourth-order valence-corrected chi connectivity index (χ4v) is 3.46. The van der Waals surface area contributed by atoms with E-state index in [9.17, 15) is 18.0 Å². The number of carbonyl (C=O) groups excluding carboxylic acids is 1. The summed E-state index contributed by atoms with van der Waals surface area (Å²) in [6.07, 6.45) is -3.81. The SMILES string of the molecule is Cc1cc(C(=O)Nc2ccccc2C(F)(F)F)c(C)c(C)c1OCCc1ccccc1. The van der Waals surface area contributed by atoms with Crippen molar-refractivity contribution in [1.29, 1.82) is 0 Å². The molecule has 3 rings (SSSR count). The molecule has 0 aliphatic rings. The van der Waals surface area contributed by atoms with Crippen LogP contribution in [0, 0.1) is 20.8 Å². The van der Waals surface area contributed by atoms with Gasteiger partial charge >= 0.3 is 6.18 Å². The van der Waals surface area contributed by atoms with Gasteiger partial charge in [-0.05, 0) is 61.2 Å². The van der Waals surface area contributed by atoms with Gasteiger partial charge in [0.25, 0.3) is 5.91 Å². The number of hydrogen-bond donors (Lipinski definition) is 1. The van der Waals surface area contributed by atoms with Gasteiger partial charge in [0.15, 0.2) is 0 Å². The van der Waals surface area contributed by atoms with Crippen LogP contribution in [0.2, 0.25) is 0 Å². The number of para-hydroxylation sites is 1. The number of ether oxygens (including phenoxy) is 1. The number of rotatable bonds is 6. The fraction of sp³-hybridized carbons (Fsp3) is 0.240. The third-order valence-corrected chi connectivity index (χ3v) is 5.23. The lowest BCUT2D eigenvalue weighted by atomic mass is 9.97. The lowest BCUT2D eigenvalue weighted by Crippen LogP contribution is -2.18. The Morgan fingerprint density at radius 1 is 0.935 bits per heavy atom. The van der Waals surface area contributed by atoms with Gasteiger partial charge in [0.05, 0.1) is 17.9 Å². The average molecular weight is 427 g/mol. The first kappa shape index (κ1) is 22.4. The molecule has 0 fully saturated rings. The summed E-state index contributed by atoms with van der Waals surface area (Å²) in [4.78, 5) is 12.8. The van der Waals surface area contributed by atoms with Crippen LogP contribution in [0.25, 0.3) is 0 Å². The Morgan fingerprint density at radius 3 is 2.26 bits per heavy atom. The van der Waals surface area contributed by atoms with Crippen molar-refractivity contribution < 1.29 is 22.7 Å². The molecule has 1 amide bonds. The summed E-state index contributed by atoms with van der Waals surface area (Å²) in [6, 6.07) is 16.6. The van der Waals surface area contributed by atoms with Crippen LogP contribution < -0.4 is 10.1 Å². The van der Waals surface area contributed by atoms with E-state index in [1.165, 1.54) is 18.2 Å². The predicted molar refractivity (Wildman–Crippen MR) is 116 cm³/mol. The van der Waals surface area contributed by atoms with E-state index in [1.54, 1.807) is 13.0 Å². The molecule has 0 aliphatic carbocycles. The molecule has 0 radical (unpaired) electrons. The Bertz CT molecular complexity index is 1080. The lowest BCUT2D eigenvalue weighted by Gasteiger charge is -2.18. The minimum Gasteiger partial charge on any atom is -0.493 e. The van der Waals surface area contributed by atoms with Crippen LogP contribution in [0.1, 0.15) is 38.2 Å². The average Bonchev–Trinajstić information content (AvgIpc) is 2.73. The molecule has 0 spiro atoms. The molecule has 0 aliphatic heterocycles. The second-order valence-corrected chi connectivity index (χ2v) is 7.40. The van der Waals surface area contributed by atoms with Crippen molar-refractivity contribution in [3.8, 4) is 5.75 Å². The summed E-state index contributed by atoms with van der Waals surface area (Å²) in [7, 11) is 0. The summed E-state index contributed by atoms with van der Waals surface area (Å²) < 4.78 is 45.7. The number of aryl methyl sites for hydroxylation is 1. The second-order valence-electron chi connectivity index (χ2n) is 7.40. The monoisotopic (exact) mass is 427 g/mol. The van der Waals surface area contributed by atoms with Gasteiger partial charge in [-0.2, -0.15) is 13.2 Å². The van der Waals surface area contributed by atoms with E-state index in [0.29, 0.717) is 23.5 Å². The number of hydrogen-bond acceptors (Lipinski definition) is 2. The number of alkyl halides is 3. The zero-order valence-corrected chi connectivity index (χ0v) is 17.6. The van der Waals surface area contributed by atoms with Crippen molar-refractivity contribution in [2.45, 2.75) is 33.4 Å². The molecular weight excluding hydrogens is 403 g/mol. The molecule has 3 aromatic rings. The van der Waals surface area contributed by atoms with Gasteiger partial charge in [-0.25, -0.2) is 0 Å². The molecule has 6 heteroatoms. The van der Waals surface area contributed by atoms with E-state index < -0.39 is 17.6 Å². The molecule has 162 valence electrons. The van der Waals surface area contributed by atoms with Crippen LogP contribution in [0.5, 0.6) is 5.75 Å². The third kappa shape index (κ3) is 5.26. The van der Waals surface area contributed by atoms with E-state index >= 15 is 0 Å². The smallest absolute Gasteiger partial charge is 0.418 e. The Hall–Kier alpha value is -3.28. The number of amides is 1. The van der Waals surface area contributed by atoms with Gasteiger partial charge in [-0.3, -0.25) is 4.79 Å². The normalized spacial score (nSPS) is 11.3. The van der Waals surface area contributed by atoms with E-state index in [2.05, 4.69) is 5.32 Å². The minimum atomic E-state index is -4.55. The Balaban J connectivity index is 1.79.